The van der Waals surface area contributed by atoms with Crippen molar-refractivity contribution < 1.29 is 14.0 Å². The second-order valence-corrected chi connectivity index (χ2v) is 3.72. The minimum absolute atomic E-state index is 0.0863. The average Bonchev–Trinajstić information content (AvgIpc) is 2.82. The van der Waals surface area contributed by atoms with E-state index in [1.54, 1.807) is 22.9 Å². The monoisotopic (exact) mass is 251 g/mol. The minimum Gasteiger partial charge on any atom is -0.409 e. The van der Waals surface area contributed by atoms with Gasteiger partial charge < -0.3 is 15.5 Å². The van der Waals surface area contributed by atoms with Gasteiger partial charge in [-0.1, -0.05) is 17.3 Å². The van der Waals surface area contributed by atoms with E-state index < -0.39 is 11.6 Å². The van der Waals surface area contributed by atoms with Gasteiger partial charge in [0.2, 0.25) is 0 Å². The highest BCUT2D eigenvalue weighted by atomic mass is 19.2. The van der Waals surface area contributed by atoms with E-state index in [4.69, 9.17) is 10.9 Å². The van der Waals surface area contributed by atoms with E-state index >= 15 is 0 Å². The molecule has 0 saturated carbocycles. The van der Waals surface area contributed by atoms with Crippen LogP contribution in [0.1, 0.15) is 11.3 Å². The summed E-state index contributed by atoms with van der Waals surface area (Å²) < 4.78 is 28.1. The Morgan fingerprint density at radius 2 is 2.06 bits per heavy atom. The third-order valence-electron chi connectivity index (χ3n) is 2.57. The summed E-state index contributed by atoms with van der Waals surface area (Å²) in [5.74, 6) is -1.88. The number of amidine groups is 1. The largest absolute Gasteiger partial charge is 0.409 e. The van der Waals surface area contributed by atoms with Crippen molar-refractivity contribution in [3.63, 3.8) is 0 Å². The molecule has 0 unspecified atom stereocenters. The first-order valence-electron chi connectivity index (χ1n) is 5.19. The molecule has 6 heteroatoms. The molecule has 0 saturated heterocycles. The zero-order valence-corrected chi connectivity index (χ0v) is 9.35. The van der Waals surface area contributed by atoms with Gasteiger partial charge in [0.1, 0.15) is 0 Å². The molecule has 1 aromatic heterocycles. The molecule has 94 valence electrons. The number of hydrogen-bond donors (Lipinski definition) is 2. The van der Waals surface area contributed by atoms with Gasteiger partial charge in [0.25, 0.3) is 0 Å². The first kappa shape index (κ1) is 12.1. The van der Waals surface area contributed by atoms with E-state index in [1.165, 1.54) is 12.1 Å². The number of benzene rings is 1. The molecule has 3 N–H and O–H groups in total. The molecule has 2 aromatic rings. The number of aromatic nitrogens is 1. The fourth-order valence-corrected chi connectivity index (χ4v) is 1.69. The van der Waals surface area contributed by atoms with Crippen LogP contribution in [0.25, 0.3) is 0 Å². The molecule has 18 heavy (non-hydrogen) atoms. The molecule has 0 bridgehead atoms. The Kier molecular flexibility index (Phi) is 3.27. The van der Waals surface area contributed by atoms with Crippen molar-refractivity contribution in [1.29, 1.82) is 0 Å². The van der Waals surface area contributed by atoms with Crippen LogP contribution >= 0.6 is 0 Å². The summed E-state index contributed by atoms with van der Waals surface area (Å²) in [4.78, 5) is 0. The van der Waals surface area contributed by atoms with Crippen molar-refractivity contribution in [2.75, 3.05) is 0 Å². The van der Waals surface area contributed by atoms with E-state index in [-0.39, 0.29) is 17.9 Å². The van der Waals surface area contributed by atoms with Crippen LogP contribution in [0.4, 0.5) is 8.78 Å². The maximum Gasteiger partial charge on any atom is 0.186 e. The highest BCUT2D eigenvalue weighted by Crippen LogP contribution is 2.14. The van der Waals surface area contributed by atoms with Crippen LogP contribution in [-0.4, -0.2) is 15.6 Å². The summed E-state index contributed by atoms with van der Waals surface area (Å²) >= 11 is 0. The highest BCUT2D eigenvalue weighted by molar-refractivity contribution is 5.95. The standard InChI is InChI=1S/C12H11F2N3O/c13-9-4-1-3-8(11(9)14)7-17-6-2-5-10(17)12(15)16-18/h1-6,18H,7H2,(H2,15,16). The second-order valence-electron chi connectivity index (χ2n) is 3.72. The van der Waals surface area contributed by atoms with Gasteiger partial charge >= 0.3 is 0 Å². The van der Waals surface area contributed by atoms with Crippen LogP contribution < -0.4 is 5.73 Å². The van der Waals surface area contributed by atoms with Crippen LogP contribution in [0, 0.1) is 11.6 Å². The van der Waals surface area contributed by atoms with Crippen LogP contribution in [0.3, 0.4) is 0 Å². The predicted molar refractivity (Wildman–Crippen MR) is 62.4 cm³/mol. The molecule has 2 rings (SSSR count). The van der Waals surface area contributed by atoms with Crippen molar-refractivity contribution in [2.45, 2.75) is 6.54 Å². The lowest BCUT2D eigenvalue weighted by Gasteiger charge is -2.09. The Labute approximate surface area is 102 Å². The Morgan fingerprint density at radius 1 is 1.28 bits per heavy atom. The van der Waals surface area contributed by atoms with E-state index in [1.807, 2.05) is 0 Å². The fraction of sp³-hybridized carbons (Fsp3) is 0.0833. The Balaban J connectivity index is 2.35. The lowest BCUT2D eigenvalue weighted by atomic mass is 10.2. The van der Waals surface area contributed by atoms with E-state index in [2.05, 4.69) is 5.16 Å². The number of nitrogens with two attached hydrogens (primary N) is 1. The summed E-state index contributed by atoms with van der Waals surface area (Å²) in [6.07, 6.45) is 1.64. The van der Waals surface area contributed by atoms with Gasteiger partial charge in [0, 0.05) is 11.8 Å². The SMILES string of the molecule is N/C(=N/O)c1cccn1Cc1cccc(F)c1F. The Bertz CT molecular complexity index is 593. The summed E-state index contributed by atoms with van der Waals surface area (Å²) in [5, 5.41) is 11.5. The maximum atomic E-state index is 13.5. The zero-order chi connectivity index (χ0) is 13.1. The second kappa shape index (κ2) is 4.87. The van der Waals surface area contributed by atoms with E-state index in [0.29, 0.717) is 5.69 Å². The van der Waals surface area contributed by atoms with Gasteiger partial charge in [-0.05, 0) is 18.2 Å². The van der Waals surface area contributed by atoms with Gasteiger partial charge in [-0.25, -0.2) is 8.78 Å². The van der Waals surface area contributed by atoms with Crippen molar-refractivity contribution in [2.24, 2.45) is 10.9 Å². The van der Waals surface area contributed by atoms with Crippen molar-refractivity contribution in [3.8, 4) is 0 Å². The molecule has 1 aromatic carbocycles. The first-order chi connectivity index (χ1) is 8.63. The summed E-state index contributed by atoms with van der Waals surface area (Å²) in [6, 6.07) is 7.25. The first-order valence-corrected chi connectivity index (χ1v) is 5.19. The molecule has 0 atom stereocenters. The van der Waals surface area contributed by atoms with Crippen LogP contribution in [0.15, 0.2) is 41.7 Å². The van der Waals surface area contributed by atoms with Gasteiger partial charge in [-0.15, -0.1) is 0 Å². The van der Waals surface area contributed by atoms with Crippen LogP contribution in [0.5, 0.6) is 0 Å². The number of halogens is 2. The molecule has 0 amide bonds. The molecular formula is C12H11F2N3O. The van der Waals surface area contributed by atoms with Gasteiger partial charge in [0.15, 0.2) is 17.5 Å². The fourth-order valence-electron chi connectivity index (χ4n) is 1.69. The van der Waals surface area contributed by atoms with Crippen LogP contribution in [0.2, 0.25) is 0 Å². The quantitative estimate of drug-likeness (QED) is 0.379. The van der Waals surface area contributed by atoms with Gasteiger partial charge in [-0.3, -0.25) is 0 Å². The average molecular weight is 251 g/mol. The lowest BCUT2D eigenvalue weighted by Crippen LogP contribution is -2.18. The molecule has 0 aliphatic rings. The Hall–Kier alpha value is -2.37. The number of oxime groups is 1. The predicted octanol–water partition coefficient (Wildman–Crippen LogP) is 1.91. The van der Waals surface area contributed by atoms with E-state index in [0.717, 1.165) is 6.07 Å². The molecule has 4 nitrogen and oxygen atoms in total. The molecule has 1 heterocycles. The summed E-state index contributed by atoms with van der Waals surface area (Å²) in [5.41, 5.74) is 6.10. The van der Waals surface area contributed by atoms with Gasteiger partial charge in [-0.2, -0.15) is 0 Å². The molecule has 0 aliphatic heterocycles. The normalized spacial score (nSPS) is 11.8. The van der Waals surface area contributed by atoms with Crippen molar-refractivity contribution in [3.05, 3.63) is 59.4 Å². The molecule has 0 radical (unpaired) electrons. The maximum absolute atomic E-state index is 13.5. The highest BCUT2D eigenvalue weighted by Gasteiger charge is 2.11. The number of hydrogen-bond acceptors (Lipinski definition) is 2. The van der Waals surface area contributed by atoms with Crippen molar-refractivity contribution >= 4 is 5.84 Å². The topological polar surface area (TPSA) is 63.5 Å². The van der Waals surface area contributed by atoms with Crippen molar-refractivity contribution in [1.82, 2.24) is 4.57 Å². The third-order valence-corrected chi connectivity index (χ3v) is 2.57. The van der Waals surface area contributed by atoms with Gasteiger partial charge in [0.05, 0.1) is 12.2 Å². The number of rotatable bonds is 3. The third kappa shape index (κ3) is 2.17. The lowest BCUT2D eigenvalue weighted by molar-refractivity contribution is 0.318. The Morgan fingerprint density at radius 3 is 2.78 bits per heavy atom. The van der Waals surface area contributed by atoms with E-state index in [9.17, 15) is 8.78 Å². The molecule has 0 fully saturated rings. The van der Waals surface area contributed by atoms with Crippen LogP contribution in [-0.2, 0) is 6.54 Å². The molecular weight excluding hydrogens is 240 g/mol. The summed E-state index contributed by atoms with van der Waals surface area (Å²) in [7, 11) is 0. The number of nitrogens with zero attached hydrogens (tertiary/aromatic N) is 2. The molecule has 0 aliphatic carbocycles. The molecule has 0 spiro atoms. The summed E-state index contributed by atoms with van der Waals surface area (Å²) in [6.45, 7) is 0.0994. The smallest absolute Gasteiger partial charge is 0.186 e. The minimum atomic E-state index is -0.898. The zero-order valence-electron chi connectivity index (χ0n) is 9.35.